The van der Waals surface area contributed by atoms with Gasteiger partial charge in [-0.05, 0) is 43.5 Å². The first-order chi connectivity index (χ1) is 6.36. The normalized spacial score (nSPS) is 10.0. The van der Waals surface area contributed by atoms with Crippen molar-refractivity contribution in [2.75, 3.05) is 19.4 Å². The second kappa shape index (κ2) is 5.89. The van der Waals surface area contributed by atoms with E-state index in [-0.39, 0.29) is 0 Å². The average molecular weight is 197 g/mol. The summed E-state index contributed by atoms with van der Waals surface area (Å²) in [6.45, 7) is 1.39. The molecule has 0 radical (unpaired) electrons. The van der Waals surface area contributed by atoms with Gasteiger partial charge in [-0.25, -0.2) is 0 Å². The molecule has 0 heterocycles. The highest BCUT2D eigenvalue weighted by Crippen LogP contribution is 2.18. The van der Waals surface area contributed by atoms with Gasteiger partial charge in [0.25, 0.3) is 0 Å². The minimum atomic E-state index is 0.683. The lowest BCUT2D eigenvalue weighted by Gasteiger charge is -2.05. The molecule has 0 saturated heterocycles. The molecule has 72 valence electrons. The van der Waals surface area contributed by atoms with E-state index in [9.17, 15) is 0 Å². The van der Waals surface area contributed by atoms with Crippen LogP contribution in [0.15, 0.2) is 29.2 Å². The third-order valence-corrected chi connectivity index (χ3v) is 2.42. The summed E-state index contributed by atoms with van der Waals surface area (Å²) < 4.78 is 5.46. The molecule has 0 atom stereocenters. The van der Waals surface area contributed by atoms with E-state index in [1.165, 1.54) is 4.90 Å². The fourth-order valence-electron chi connectivity index (χ4n) is 0.945. The van der Waals surface area contributed by atoms with Gasteiger partial charge in [-0.15, -0.1) is 11.8 Å². The van der Waals surface area contributed by atoms with Crippen LogP contribution in [-0.2, 0) is 0 Å². The molecule has 0 amide bonds. The number of nitrogens with two attached hydrogens (primary N) is 1. The van der Waals surface area contributed by atoms with E-state index in [1.54, 1.807) is 11.8 Å². The van der Waals surface area contributed by atoms with Gasteiger partial charge in [0.05, 0.1) is 6.61 Å². The molecule has 2 nitrogen and oxygen atoms in total. The van der Waals surface area contributed by atoms with Gasteiger partial charge in [-0.2, -0.15) is 0 Å². The summed E-state index contributed by atoms with van der Waals surface area (Å²) >= 11 is 1.73. The first-order valence-electron chi connectivity index (χ1n) is 4.33. The Kier molecular flexibility index (Phi) is 4.72. The van der Waals surface area contributed by atoms with Crippen LogP contribution in [0.1, 0.15) is 6.42 Å². The van der Waals surface area contributed by atoms with Gasteiger partial charge >= 0.3 is 0 Å². The van der Waals surface area contributed by atoms with E-state index in [1.807, 2.05) is 12.1 Å². The number of ether oxygens (including phenoxy) is 1. The predicted octanol–water partition coefficient (Wildman–Crippen LogP) is 2.14. The van der Waals surface area contributed by atoms with E-state index in [0.29, 0.717) is 13.2 Å². The van der Waals surface area contributed by atoms with E-state index >= 15 is 0 Å². The van der Waals surface area contributed by atoms with Crippen molar-refractivity contribution in [1.82, 2.24) is 0 Å². The van der Waals surface area contributed by atoms with Gasteiger partial charge in [-0.1, -0.05) is 0 Å². The zero-order chi connectivity index (χ0) is 9.52. The first kappa shape index (κ1) is 10.4. The zero-order valence-electron chi connectivity index (χ0n) is 7.82. The second-order valence-corrected chi connectivity index (χ2v) is 3.55. The maximum atomic E-state index is 5.46. The van der Waals surface area contributed by atoms with Gasteiger partial charge in [0.15, 0.2) is 0 Å². The van der Waals surface area contributed by atoms with Gasteiger partial charge in [-0.3, -0.25) is 0 Å². The number of thioether (sulfide) groups is 1. The summed E-state index contributed by atoms with van der Waals surface area (Å²) in [5.74, 6) is 0.922. The largest absolute Gasteiger partial charge is 0.494 e. The summed E-state index contributed by atoms with van der Waals surface area (Å²) in [5.41, 5.74) is 5.35. The molecule has 0 aromatic heterocycles. The van der Waals surface area contributed by atoms with Crippen LogP contribution in [0.5, 0.6) is 5.75 Å². The number of benzene rings is 1. The molecule has 3 heteroatoms. The lowest BCUT2D eigenvalue weighted by Crippen LogP contribution is -2.05. The third kappa shape index (κ3) is 3.70. The Morgan fingerprint density at radius 3 is 2.54 bits per heavy atom. The average Bonchev–Trinajstić information content (AvgIpc) is 2.19. The number of hydrogen-bond acceptors (Lipinski definition) is 3. The van der Waals surface area contributed by atoms with E-state index in [0.717, 1.165) is 12.2 Å². The molecule has 2 N–H and O–H groups in total. The van der Waals surface area contributed by atoms with Crippen molar-refractivity contribution >= 4 is 11.8 Å². The first-order valence-corrected chi connectivity index (χ1v) is 5.56. The van der Waals surface area contributed by atoms with Crippen LogP contribution in [-0.4, -0.2) is 19.4 Å². The van der Waals surface area contributed by atoms with Crippen LogP contribution >= 0.6 is 11.8 Å². The molecule has 0 saturated carbocycles. The lowest BCUT2D eigenvalue weighted by molar-refractivity contribution is 0.313. The van der Waals surface area contributed by atoms with Crippen LogP contribution in [0.25, 0.3) is 0 Å². The molecule has 1 aromatic carbocycles. The highest BCUT2D eigenvalue weighted by Gasteiger charge is 1.93. The van der Waals surface area contributed by atoms with Crippen molar-refractivity contribution in [2.45, 2.75) is 11.3 Å². The molecule has 13 heavy (non-hydrogen) atoms. The lowest BCUT2D eigenvalue weighted by atomic mass is 10.3. The Morgan fingerprint density at radius 2 is 2.00 bits per heavy atom. The van der Waals surface area contributed by atoms with Gasteiger partial charge in [0.2, 0.25) is 0 Å². The smallest absolute Gasteiger partial charge is 0.119 e. The number of rotatable bonds is 5. The maximum absolute atomic E-state index is 5.46. The van der Waals surface area contributed by atoms with Crippen LogP contribution in [0, 0.1) is 0 Å². The van der Waals surface area contributed by atoms with Crippen molar-refractivity contribution in [3.8, 4) is 5.75 Å². The molecule has 1 rings (SSSR count). The van der Waals surface area contributed by atoms with Crippen LogP contribution < -0.4 is 10.5 Å². The van der Waals surface area contributed by atoms with Gasteiger partial charge in [0, 0.05) is 4.90 Å². The van der Waals surface area contributed by atoms with E-state index in [4.69, 9.17) is 10.5 Å². The molecule has 0 aliphatic heterocycles. The number of hydrogen-bond donors (Lipinski definition) is 1. The monoisotopic (exact) mass is 197 g/mol. The third-order valence-electron chi connectivity index (χ3n) is 1.68. The van der Waals surface area contributed by atoms with Crippen molar-refractivity contribution in [3.05, 3.63) is 24.3 Å². The molecule has 0 bridgehead atoms. The fraction of sp³-hybridized carbons (Fsp3) is 0.400. The molecular formula is C10H15NOS. The molecular weight excluding hydrogens is 182 g/mol. The molecule has 0 aliphatic rings. The van der Waals surface area contributed by atoms with Crippen molar-refractivity contribution in [3.63, 3.8) is 0 Å². The Hall–Kier alpha value is -0.670. The maximum Gasteiger partial charge on any atom is 0.119 e. The molecule has 1 aromatic rings. The van der Waals surface area contributed by atoms with Crippen LogP contribution in [0.4, 0.5) is 0 Å². The van der Waals surface area contributed by atoms with E-state index in [2.05, 4.69) is 18.4 Å². The SMILES string of the molecule is CSc1ccc(OCCCN)cc1. The van der Waals surface area contributed by atoms with E-state index < -0.39 is 0 Å². The Labute approximate surface area is 83.5 Å². The van der Waals surface area contributed by atoms with Crippen molar-refractivity contribution in [1.29, 1.82) is 0 Å². The molecule has 0 spiro atoms. The van der Waals surface area contributed by atoms with Crippen molar-refractivity contribution < 1.29 is 4.74 Å². The Morgan fingerprint density at radius 1 is 1.31 bits per heavy atom. The summed E-state index contributed by atoms with van der Waals surface area (Å²) in [6.07, 6.45) is 2.97. The predicted molar refractivity (Wildman–Crippen MR) is 57.4 cm³/mol. The Bertz CT molecular complexity index is 235. The molecule has 0 aliphatic carbocycles. The quantitative estimate of drug-likeness (QED) is 0.580. The van der Waals surface area contributed by atoms with Gasteiger partial charge < -0.3 is 10.5 Å². The minimum absolute atomic E-state index is 0.683. The summed E-state index contributed by atoms with van der Waals surface area (Å²) in [4.78, 5) is 1.26. The van der Waals surface area contributed by atoms with Crippen LogP contribution in [0.3, 0.4) is 0 Å². The molecule has 0 unspecified atom stereocenters. The summed E-state index contributed by atoms with van der Waals surface area (Å²) in [5, 5.41) is 0. The topological polar surface area (TPSA) is 35.2 Å². The van der Waals surface area contributed by atoms with Gasteiger partial charge in [0.1, 0.15) is 5.75 Å². The van der Waals surface area contributed by atoms with Crippen molar-refractivity contribution in [2.24, 2.45) is 5.73 Å². The summed E-state index contributed by atoms with van der Waals surface area (Å²) in [7, 11) is 0. The second-order valence-electron chi connectivity index (χ2n) is 2.67. The standard InChI is InChI=1S/C10H15NOS/c1-13-10-5-3-9(4-6-10)12-8-2-7-11/h3-6H,2,7-8,11H2,1H3. The molecule has 0 fully saturated rings. The summed E-state index contributed by atoms with van der Waals surface area (Å²) in [6, 6.07) is 8.09. The highest BCUT2D eigenvalue weighted by atomic mass is 32.2. The Balaban J connectivity index is 2.40. The highest BCUT2D eigenvalue weighted by molar-refractivity contribution is 7.98. The minimum Gasteiger partial charge on any atom is -0.494 e. The van der Waals surface area contributed by atoms with Crippen LogP contribution in [0.2, 0.25) is 0 Å². The fourth-order valence-corrected chi connectivity index (χ4v) is 1.35. The zero-order valence-corrected chi connectivity index (χ0v) is 8.64.